The number of ether oxygens (including phenoxy) is 1. The minimum absolute atomic E-state index is 0.181. The average molecular weight is 274 g/mol. The zero-order valence-electron chi connectivity index (χ0n) is 11.7. The maximum atomic E-state index is 12.0. The third-order valence-corrected chi connectivity index (χ3v) is 3.77. The first-order valence-corrected chi connectivity index (χ1v) is 6.85. The normalized spacial score (nSPS) is 19.3. The van der Waals surface area contributed by atoms with E-state index in [1.807, 2.05) is 19.1 Å². The number of methoxy groups -OCH3 is 1. The van der Waals surface area contributed by atoms with E-state index in [0.29, 0.717) is 0 Å². The first-order valence-electron chi connectivity index (χ1n) is 6.85. The van der Waals surface area contributed by atoms with Crippen LogP contribution in [0.25, 0.3) is 5.65 Å². The lowest BCUT2D eigenvalue weighted by atomic mass is 10.0. The topological polar surface area (TPSA) is 59.7 Å². The van der Waals surface area contributed by atoms with E-state index < -0.39 is 0 Å². The molecule has 1 saturated heterocycles. The second-order valence-electron chi connectivity index (χ2n) is 5.15. The zero-order valence-corrected chi connectivity index (χ0v) is 11.7. The highest BCUT2D eigenvalue weighted by Gasteiger charge is 2.31. The molecule has 0 N–H and O–H groups in total. The number of carbonyl (C=O) groups is 1. The van der Waals surface area contributed by atoms with Gasteiger partial charge in [0, 0.05) is 6.54 Å². The summed E-state index contributed by atoms with van der Waals surface area (Å²) in [7, 11) is 1.44. The molecule has 1 aliphatic heterocycles. The summed E-state index contributed by atoms with van der Waals surface area (Å²) >= 11 is 0. The molecule has 0 aromatic carbocycles. The Hall–Kier alpha value is -2.11. The van der Waals surface area contributed by atoms with E-state index >= 15 is 0 Å². The number of nitrogens with zero attached hydrogens (tertiary/aromatic N) is 4. The van der Waals surface area contributed by atoms with Crippen molar-refractivity contribution in [2.45, 2.75) is 32.2 Å². The largest absolute Gasteiger partial charge is 0.467 e. The molecule has 1 aliphatic rings. The first-order chi connectivity index (χ1) is 9.70. The van der Waals surface area contributed by atoms with Crippen molar-refractivity contribution < 1.29 is 9.53 Å². The molecule has 1 atom stereocenters. The van der Waals surface area contributed by atoms with Gasteiger partial charge in [0.1, 0.15) is 18.2 Å². The van der Waals surface area contributed by atoms with Crippen molar-refractivity contribution in [1.29, 1.82) is 0 Å². The lowest BCUT2D eigenvalue weighted by molar-refractivity contribution is -0.142. The minimum atomic E-state index is -0.233. The molecule has 1 unspecified atom stereocenters. The van der Waals surface area contributed by atoms with Crippen LogP contribution in [0.15, 0.2) is 18.5 Å². The molecule has 0 aliphatic carbocycles. The molecule has 0 bridgehead atoms. The molecule has 3 rings (SSSR count). The van der Waals surface area contributed by atoms with Crippen LogP contribution in [0, 0.1) is 6.92 Å². The van der Waals surface area contributed by atoms with Gasteiger partial charge in [-0.25, -0.2) is 9.78 Å². The molecule has 2 aromatic rings. The summed E-state index contributed by atoms with van der Waals surface area (Å²) < 4.78 is 6.73. The predicted octanol–water partition coefficient (Wildman–Crippen LogP) is 1.57. The molecule has 0 amide bonds. The second kappa shape index (κ2) is 5.11. The van der Waals surface area contributed by atoms with Crippen molar-refractivity contribution in [2.75, 3.05) is 18.6 Å². The number of carbonyl (C=O) groups excluding carboxylic acids is 1. The fraction of sp³-hybridized carbons (Fsp3) is 0.500. The summed E-state index contributed by atoms with van der Waals surface area (Å²) in [6.45, 7) is 2.85. The van der Waals surface area contributed by atoms with Crippen LogP contribution in [-0.4, -0.2) is 40.3 Å². The molecule has 0 radical (unpaired) electrons. The molecular formula is C14H18N4O2. The number of anilines is 1. The molecule has 6 nitrogen and oxygen atoms in total. The number of piperidine rings is 1. The summed E-state index contributed by atoms with van der Waals surface area (Å²) in [5.74, 6) is 0.729. The molecule has 1 fully saturated rings. The third-order valence-electron chi connectivity index (χ3n) is 3.77. The van der Waals surface area contributed by atoms with Crippen molar-refractivity contribution in [2.24, 2.45) is 0 Å². The number of esters is 1. The fourth-order valence-electron chi connectivity index (χ4n) is 2.83. The second-order valence-corrected chi connectivity index (χ2v) is 5.15. The Morgan fingerprint density at radius 1 is 1.40 bits per heavy atom. The monoisotopic (exact) mass is 274 g/mol. The molecule has 6 heteroatoms. The Balaban J connectivity index is 2.07. The summed E-state index contributed by atoms with van der Waals surface area (Å²) in [5, 5.41) is 4.27. The van der Waals surface area contributed by atoms with Crippen LogP contribution in [0.1, 0.15) is 24.8 Å². The van der Waals surface area contributed by atoms with Gasteiger partial charge in [-0.1, -0.05) is 0 Å². The predicted molar refractivity (Wildman–Crippen MR) is 74.7 cm³/mol. The fourth-order valence-corrected chi connectivity index (χ4v) is 2.83. The molecule has 3 heterocycles. The van der Waals surface area contributed by atoms with Gasteiger partial charge in [-0.3, -0.25) is 0 Å². The van der Waals surface area contributed by atoms with Gasteiger partial charge in [-0.2, -0.15) is 9.61 Å². The van der Waals surface area contributed by atoms with Gasteiger partial charge >= 0.3 is 5.97 Å². The van der Waals surface area contributed by atoms with Crippen LogP contribution in [0.3, 0.4) is 0 Å². The number of hydrogen-bond donors (Lipinski definition) is 0. The van der Waals surface area contributed by atoms with E-state index in [9.17, 15) is 4.79 Å². The van der Waals surface area contributed by atoms with E-state index in [1.165, 1.54) is 13.4 Å². The molecule has 0 saturated carbocycles. The van der Waals surface area contributed by atoms with Gasteiger partial charge in [0.15, 0.2) is 5.65 Å². The van der Waals surface area contributed by atoms with Crippen LogP contribution in [0.5, 0.6) is 0 Å². The Labute approximate surface area is 117 Å². The lowest BCUT2D eigenvalue weighted by Crippen LogP contribution is -2.46. The number of aryl methyl sites for hydroxylation is 1. The van der Waals surface area contributed by atoms with Crippen molar-refractivity contribution in [3.63, 3.8) is 0 Å². The lowest BCUT2D eigenvalue weighted by Gasteiger charge is -2.35. The Morgan fingerprint density at radius 3 is 3.05 bits per heavy atom. The van der Waals surface area contributed by atoms with Crippen LogP contribution in [0.2, 0.25) is 0 Å². The minimum Gasteiger partial charge on any atom is -0.467 e. The zero-order chi connectivity index (χ0) is 14.1. The van der Waals surface area contributed by atoms with Crippen molar-refractivity contribution in [3.05, 3.63) is 24.0 Å². The maximum absolute atomic E-state index is 12.0. The highest BCUT2D eigenvalue weighted by Crippen LogP contribution is 2.26. The molecule has 20 heavy (non-hydrogen) atoms. The van der Waals surface area contributed by atoms with E-state index in [1.54, 1.807) is 4.52 Å². The van der Waals surface area contributed by atoms with Crippen molar-refractivity contribution in [3.8, 4) is 0 Å². The Kier molecular flexibility index (Phi) is 3.30. The van der Waals surface area contributed by atoms with Gasteiger partial charge in [-0.15, -0.1) is 0 Å². The SMILES string of the molecule is COC(=O)C1CCCCN1c1cc(C)cc2ncnn12. The van der Waals surface area contributed by atoms with Gasteiger partial charge < -0.3 is 9.64 Å². The maximum Gasteiger partial charge on any atom is 0.328 e. The van der Waals surface area contributed by atoms with Crippen LogP contribution >= 0.6 is 0 Å². The Bertz CT molecular complexity index is 637. The van der Waals surface area contributed by atoms with E-state index in [-0.39, 0.29) is 12.0 Å². The first kappa shape index (κ1) is 12.9. The average Bonchev–Trinajstić information content (AvgIpc) is 2.93. The summed E-state index contributed by atoms with van der Waals surface area (Å²) in [6.07, 6.45) is 4.46. The number of hydrogen-bond acceptors (Lipinski definition) is 5. The molecule has 106 valence electrons. The molecule has 2 aromatic heterocycles. The number of fused-ring (bicyclic) bond motifs is 1. The summed E-state index contributed by atoms with van der Waals surface area (Å²) in [5.41, 5.74) is 1.91. The quantitative estimate of drug-likeness (QED) is 0.778. The number of aromatic nitrogens is 3. The third kappa shape index (κ3) is 2.11. The smallest absolute Gasteiger partial charge is 0.328 e. The molecule has 0 spiro atoms. The van der Waals surface area contributed by atoms with Crippen LogP contribution in [0.4, 0.5) is 5.82 Å². The van der Waals surface area contributed by atoms with E-state index in [2.05, 4.69) is 15.0 Å². The van der Waals surface area contributed by atoms with Gasteiger partial charge in [0.2, 0.25) is 0 Å². The van der Waals surface area contributed by atoms with Crippen molar-refractivity contribution in [1.82, 2.24) is 14.6 Å². The van der Waals surface area contributed by atoms with Crippen LogP contribution in [-0.2, 0) is 9.53 Å². The Morgan fingerprint density at radius 2 is 2.25 bits per heavy atom. The standard InChI is InChI=1S/C14H18N4O2/c1-10-7-12-15-9-16-18(12)13(8-10)17-6-4-3-5-11(17)14(19)20-2/h7-9,11H,3-6H2,1-2H3. The van der Waals surface area contributed by atoms with E-state index in [0.717, 1.165) is 42.8 Å². The molecular weight excluding hydrogens is 256 g/mol. The van der Waals surface area contributed by atoms with Gasteiger partial charge in [0.25, 0.3) is 0 Å². The summed E-state index contributed by atoms with van der Waals surface area (Å²) in [6, 6.07) is 3.79. The van der Waals surface area contributed by atoms with E-state index in [4.69, 9.17) is 4.74 Å². The highest BCUT2D eigenvalue weighted by atomic mass is 16.5. The van der Waals surface area contributed by atoms with Gasteiger partial charge in [0.05, 0.1) is 7.11 Å². The number of pyridine rings is 1. The van der Waals surface area contributed by atoms with Crippen molar-refractivity contribution >= 4 is 17.4 Å². The van der Waals surface area contributed by atoms with Gasteiger partial charge in [-0.05, 0) is 43.9 Å². The summed E-state index contributed by atoms with van der Waals surface area (Å²) in [4.78, 5) is 18.3. The van der Waals surface area contributed by atoms with Crippen LogP contribution < -0.4 is 4.90 Å². The highest BCUT2D eigenvalue weighted by molar-refractivity contribution is 5.80. The number of rotatable bonds is 2.